The van der Waals surface area contributed by atoms with Crippen LogP contribution in [0.2, 0.25) is 0 Å². The number of anilines is 1. The number of aryl methyl sites for hydroxylation is 3. The molecule has 1 saturated carbocycles. The molecule has 1 aliphatic carbocycles. The highest BCUT2D eigenvalue weighted by molar-refractivity contribution is 7.98. The molecule has 0 bridgehead atoms. The third kappa shape index (κ3) is 8.24. The van der Waals surface area contributed by atoms with Crippen molar-refractivity contribution in [3.63, 3.8) is 0 Å². The molecular weight excluding hydrogens is 510 g/mol. The van der Waals surface area contributed by atoms with Gasteiger partial charge in [0.05, 0.1) is 0 Å². The van der Waals surface area contributed by atoms with Crippen molar-refractivity contribution in [2.45, 2.75) is 91.0 Å². The zero-order valence-corrected chi connectivity index (χ0v) is 25.1. The molecular formula is C31H43N3O4S. The number of rotatable bonds is 10. The maximum atomic E-state index is 14.4. The Balaban J connectivity index is 2.06. The van der Waals surface area contributed by atoms with Crippen molar-refractivity contribution >= 4 is 35.4 Å². The first-order chi connectivity index (χ1) is 18.4. The lowest BCUT2D eigenvalue weighted by atomic mass is 9.86. The van der Waals surface area contributed by atoms with Gasteiger partial charge in [-0.1, -0.05) is 42.0 Å². The predicted octanol–water partition coefficient (Wildman–Crippen LogP) is 6.32. The van der Waals surface area contributed by atoms with E-state index in [1.807, 2.05) is 69.5 Å². The van der Waals surface area contributed by atoms with Crippen molar-refractivity contribution in [2.75, 3.05) is 17.3 Å². The standard InChI is InChI=1S/C31H43N3O4S/c1-20-15-16-21(2)24(19-20)27(28(35)32-25-14-9-8-11-22(25)3)34(23-12-10-13-23)29(36)26(17-18-39-7)33-30(37)38-31(4,5)6/h8-9,11,14-16,19,23,26-27H,10,12-13,17-18H2,1-7H3,(H,32,35)(H,33,37). The molecule has 3 rings (SSSR count). The number of hydrogen-bond donors (Lipinski definition) is 2. The van der Waals surface area contributed by atoms with Crippen LogP contribution in [-0.2, 0) is 14.3 Å². The van der Waals surface area contributed by atoms with Crippen LogP contribution in [0.4, 0.5) is 10.5 Å². The number of thioether (sulfide) groups is 1. The SMILES string of the molecule is CSCCC(NC(=O)OC(C)(C)C)C(=O)N(C1CCC1)C(C(=O)Nc1ccccc1C)c1cc(C)ccc1C. The maximum Gasteiger partial charge on any atom is 0.408 e. The predicted molar refractivity (Wildman–Crippen MR) is 159 cm³/mol. The van der Waals surface area contributed by atoms with E-state index in [0.29, 0.717) is 17.9 Å². The third-order valence-electron chi connectivity index (χ3n) is 6.98. The van der Waals surface area contributed by atoms with E-state index in [9.17, 15) is 14.4 Å². The van der Waals surface area contributed by atoms with Crippen molar-refractivity contribution < 1.29 is 19.1 Å². The molecule has 7 nitrogen and oxygen atoms in total. The zero-order valence-electron chi connectivity index (χ0n) is 24.3. The van der Waals surface area contributed by atoms with Crippen molar-refractivity contribution in [1.82, 2.24) is 10.2 Å². The minimum atomic E-state index is -0.848. The van der Waals surface area contributed by atoms with Crippen LogP contribution in [0.3, 0.4) is 0 Å². The molecule has 0 spiro atoms. The number of hydrogen-bond acceptors (Lipinski definition) is 5. The first-order valence-electron chi connectivity index (χ1n) is 13.7. The molecule has 2 N–H and O–H groups in total. The molecule has 1 aliphatic rings. The summed E-state index contributed by atoms with van der Waals surface area (Å²) in [5.74, 6) is 0.151. The van der Waals surface area contributed by atoms with Gasteiger partial charge in [0.2, 0.25) is 5.91 Å². The van der Waals surface area contributed by atoms with Gasteiger partial charge in [-0.3, -0.25) is 9.59 Å². The van der Waals surface area contributed by atoms with Gasteiger partial charge in [0.25, 0.3) is 5.91 Å². The molecule has 0 heterocycles. The highest BCUT2D eigenvalue weighted by Crippen LogP contribution is 2.36. The lowest BCUT2D eigenvalue weighted by Gasteiger charge is -2.44. The minimum Gasteiger partial charge on any atom is -0.444 e. The van der Waals surface area contributed by atoms with E-state index < -0.39 is 23.8 Å². The fraction of sp³-hybridized carbons (Fsp3) is 0.516. The molecule has 2 aromatic carbocycles. The number of alkyl carbamates (subject to hydrolysis) is 1. The van der Waals surface area contributed by atoms with Gasteiger partial charge in [0, 0.05) is 11.7 Å². The highest BCUT2D eigenvalue weighted by Gasteiger charge is 2.42. The van der Waals surface area contributed by atoms with Gasteiger partial charge in [0.15, 0.2) is 0 Å². The van der Waals surface area contributed by atoms with E-state index in [1.54, 1.807) is 37.4 Å². The second kappa shape index (κ2) is 13.4. The molecule has 2 unspecified atom stereocenters. The van der Waals surface area contributed by atoms with Crippen LogP contribution in [0.15, 0.2) is 42.5 Å². The van der Waals surface area contributed by atoms with Gasteiger partial charge >= 0.3 is 6.09 Å². The van der Waals surface area contributed by atoms with E-state index in [1.165, 1.54) is 0 Å². The Hall–Kier alpha value is -3.00. The molecule has 0 radical (unpaired) electrons. The Labute approximate surface area is 237 Å². The van der Waals surface area contributed by atoms with Gasteiger partial charge in [-0.05, 0) is 102 Å². The molecule has 2 atom stereocenters. The topological polar surface area (TPSA) is 87.7 Å². The average molecular weight is 554 g/mol. The Bertz CT molecular complexity index is 1170. The van der Waals surface area contributed by atoms with Gasteiger partial charge in [-0.15, -0.1) is 0 Å². The molecule has 0 aliphatic heterocycles. The summed E-state index contributed by atoms with van der Waals surface area (Å²) < 4.78 is 5.49. The van der Waals surface area contributed by atoms with Gasteiger partial charge in [-0.2, -0.15) is 11.8 Å². The zero-order chi connectivity index (χ0) is 28.7. The molecule has 2 aromatic rings. The van der Waals surface area contributed by atoms with Crippen molar-refractivity contribution in [2.24, 2.45) is 0 Å². The maximum absolute atomic E-state index is 14.4. The molecule has 0 aromatic heterocycles. The third-order valence-corrected chi connectivity index (χ3v) is 7.63. The van der Waals surface area contributed by atoms with Crippen LogP contribution < -0.4 is 10.6 Å². The van der Waals surface area contributed by atoms with Crippen LogP contribution in [0.5, 0.6) is 0 Å². The van der Waals surface area contributed by atoms with E-state index >= 15 is 0 Å². The van der Waals surface area contributed by atoms with Crippen molar-refractivity contribution in [1.29, 1.82) is 0 Å². The smallest absolute Gasteiger partial charge is 0.408 e. The van der Waals surface area contributed by atoms with Gasteiger partial charge in [-0.25, -0.2) is 4.79 Å². The van der Waals surface area contributed by atoms with E-state index in [2.05, 4.69) is 10.6 Å². The number of carbonyl (C=O) groups is 3. The quantitative estimate of drug-likeness (QED) is 0.360. The van der Waals surface area contributed by atoms with Crippen LogP contribution in [0, 0.1) is 20.8 Å². The number of para-hydroxylation sites is 1. The van der Waals surface area contributed by atoms with E-state index in [0.717, 1.165) is 41.5 Å². The Kier molecular flexibility index (Phi) is 10.5. The summed E-state index contributed by atoms with van der Waals surface area (Å²) in [6, 6.07) is 11.9. The number of nitrogens with zero attached hydrogens (tertiary/aromatic N) is 1. The summed E-state index contributed by atoms with van der Waals surface area (Å²) in [6.45, 7) is 11.3. The number of benzene rings is 2. The first-order valence-corrected chi connectivity index (χ1v) is 15.0. The second-order valence-corrected chi connectivity index (χ2v) is 12.4. The van der Waals surface area contributed by atoms with Crippen LogP contribution in [0.1, 0.15) is 74.8 Å². The summed E-state index contributed by atoms with van der Waals surface area (Å²) in [5.41, 5.74) is 3.70. The normalized spacial score (nSPS) is 15.1. The lowest BCUT2D eigenvalue weighted by molar-refractivity contribution is -0.145. The van der Waals surface area contributed by atoms with Crippen LogP contribution in [0.25, 0.3) is 0 Å². The minimum absolute atomic E-state index is 0.0951. The van der Waals surface area contributed by atoms with Crippen LogP contribution in [-0.4, -0.2) is 52.5 Å². The number of amides is 3. The molecule has 8 heteroatoms. The summed E-state index contributed by atoms with van der Waals surface area (Å²) in [7, 11) is 0. The Morgan fingerprint density at radius 3 is 2.33 bits per heavy atom. The molecule has 39 heavy (non-hydrogen) atoms. The fourth-order valence-corrected chi connectivity index (χ4v) is 5.16. The fourth-order valence-electron chi connectivity index (χ4n) is 4.69. The molecule has 212 valence electrons. The van der Waals surface area contributed by atoms with Crippen molar-refractivity contribution in [3.8, 4) is 0 Å². The molecule has 3 amide bonds. The van der Waals surface area contributed by atoms with Gasteiger partial charge in [0.1, 0.15) is 17.7 Å². The molecule has 0 saturated heterocycles. The van der Waals surface area contributed by atoms with E-state index in [-0.39, 0.29) is 17.9 Å². The first kappa shape index (κ1) is 30.5. The second-order valence-electron chi connectivity index (χ2n) is 11.4. The summed E-state index contributed by atoms with van der Waals surface area (Å²) in [5, 5.41) is 5.92. The number of ether oxygens (including phenoxy) is 1. The lowest BCUT2D eigenvalue weighted by Crippen LogP contribution is -2.57. The number of nitrogens with one attached hydrogen (secondary N) is 2. The Morgan fingerprint density at radius 1 is 1.05 bits per heavy atom. The van der Waals surface area contributed by atoms with Crippen LogP contribution >= 0.6 is 11.8 Å². The summed E-state index contributed by atoms with van der Waals surface area (Å²) in [6.07, 6.45) is 4.37. The molecule has 1 fully saturated rings. The monoisotopic (exact) mass is 553 g/mol. The largest absolute Gasteiger partial charge is 0.444 e. The summed E-state index contributed by atoms with van der Waals surface area (Å²) >= 11 is 1.60. The van der Waals surface area contributed by atoms with Gasteiger partial charge < -0.3 is 20.3 Å². The average Bonchev–Trinajstić information content (AvgIpc) is 2.82. The van der Waals surface area contributed by atoms with E-state index in [4.69, 9.17) is 4.74 Å². The van der Waals surface area contributed by atoms with Crippen molar-refractivity contribution in [3.05, 3.63) is 64.7 Å². The summed E-state index contributed by atoms with van der Waals surface area (Å²) in [4.78, 5) is 43.0. The Morgan fingerprint density at radius 2 is 1.74 bits per heavy atom. The highest BCUT2D eigenvalue weighted by atomic mass is 32.2. The number of carbonyl (C=O) groups excluding carboxylic acids is 3.